The average Bonchev–Trinajstić information content (AvgIpc) is 2.10. The molecule has 0 radical (unpaired) electrons. The Morgan fingerprint density at radius 2 is 1.46 bits per heavy atom. The van der Waals surface area contributed by atoms with Crippen molar-refractivity contribution in [2.45, 2.75) is 38.1 Å². The first-order valence-corrected chi connectivity index (χ1v) is 5.41. The molecule has 4 fully saturated rings. The molecule has 0 aliphatic heterocycles. The summed E-state index contributed by atoms with van der Waals surface area (Å²) in [6.45, 7) is 0. The predicted molar refractivity (Wildman–Crippen MR) is 50.0 cm³/mol. The van der Waals surface area contributed by atoms with E-state index in [0.29, 0.717) is 6.04 Å². The molecule has 4 rings (SSSR count). The summed E-state index contributed by atoms with van der Waals surface area (Å²) in [6, 6.07) is 0.359. The molecular formula is C10H15N3. The molecule has 0 spiro atoms. The minimum absolute atomic E-state index is 0.359. The molecule has 13 heavy (non-hydrogen) atoms. The van der Waals surface area contributed by atoms with Gasteiger partial charge in [0.05, 0.1) is 0 Å². The van der Waals surface area contributed by atoms with E-state index in [4.69, 9.17) is 5.53 Å². The fourth-order valence-corrected chi connectivity index (χ4v) is 4.14. The Morgan fingerprint density at radius 1 is 0.923 bits per heavy atom. The highest BCUT2D eigenvalue weighted by molar-refractivity contribution is 5.01. The quantitative estimate of drug-likeness (QED) is 0.335. The van der Waals surface area contributed by atoms with Crippen LogP contribution in [0.3, 0.4) is 0 Å². The molecule has 0 aromatic carbocycles. The smallest absolute Gasteiger partial charge is 0.0430 e. The van der Waals surface area contributed by atoms with Crippen molar-refractivity contribution in [2.24, 2.45) is 28.8 Å². The van der Waals surface area contributed by atoms with Gasteiger partial charge in [0.1, 0.15) is 0 Å². The zero-order valence-electron chi connectivity index (χ0n) is 7.76. The van der Waals surface area contributed by atoms with Gasteiger partial charge in [-0.05, 0) is 61.3 Å². The van der Waals surface area contributed by atoms with Crippen molar-refractivity contribution < 1.29 is 0 Å². The molecule has 4 saturated carbocycles. The molecular weight excluding hydrogens is 162 g/mol. The normalized spacial score (nSPS) is 51.8. The second kappa shape index (κ2) is 2.65. The van der Waals surface area contributed by atoms with Crippen LogP contribution in [-0.4, -0.2) is 6.04 Å². The van der Waals surface area contributed by atoms with Crippen molar-refractivity contribution in [1.29, 1.82) is 0 Å². The van der Waals surface area contributed by atoms with Crippen LogP contribution in [0.15, 0.2) is 5.11 Å². The zero-order chi connectivity index (χ0) is 8.84. The van der Waals surface area contributed by atoms with E-state index in [1.165, 1.54) is 32.1 Å². The highest BCUT2D eigenvalue weighted by Crippen LogP contribution is 2.54. The van der Waals surface area contributed by atoms with E-state index in [1.807, 2.05) is 0 Å². The van der Waals surface area contributed by atoms with Gasteiger partial charge in [-0.25, -0.2) is 0 Å². The Bertz CT molecular complexity index is 239. The van der Waals surface area contributed by atoms with Gasteiger partial charge in [-0.3, -0.25) is 0 Å². The number of hydrogen-bond donors (Lipinski definition) is 0. The Balaban J connectivity index is 1.89. The summed E-state index contributed by atoms with van der Waals surface area (Å²) in [6.07, 6.45) is 6.84. The van der Waals surface area contributed by atoms with Gasteiger partial charge in [-0.15, -0.1) is 0 Å². The van der Waals surface area contributed by atoms with E-state index >= 15 is 0 Å². The highest BCUT2D eigenvalue weighted by atomic mass is 15.2. The summed E-state index contributed by atoms with van der Waals surface area (Å²) < 4.78 is 0. The van der Waals surface area contributed by atoms with Crippen LogP contribution in [0.25, 0.3) is 10.4 Å². The van der Waals surface area contributed by atoms with Gasteiger partial charge in [0.15, 0.2) is 0 Å². The lowest BCUT2D eigenvalue weighted by Gasteiger charge is -2.53. The lowest BCUT2D eigenvalue weighted by Crippen LogP contribution is -2.47. The summed E-state index contributed by atoms with van der Waals surface area (Å²) in [5, 5.41) is 4.00. The van der Waals surface area contributed by atoms with Crippen LogP contribution in [0.1, 0.15) is 32.1 Å². The maximum atomic E-state index is 8.51. The van der Waals surface area contributed by atoms with Crippen LogP contribution in [0.4, 0.5) is 0 Å². The van der Waals surface area contributed by atoms with E-state index in [2.05, 4.69) is 10.0 Å². The minimum Gasteiger partial charge on any atom is -0.0900 e. The molecule has 3 heteroatoms. The van der Waals surface area contributed by atoms with Crippen LogP contribution in [0, 0.1) is 23.7 Å². The van der Waals surface area contributed by atoms with Gasteiger partial charge in [-0.2, -0.15) is 0 Å². The minimum atomic E-state index is 0.359. The maximum absolute atomic E-state index is 8.51. The third kappa shape index (κ3) is 1.07. The number of rotatable bonds is 1. The predicted octanol–water partition coefficient (Wildman–Crippen LogP) is 3.12. The number of nitrogens with zero attached hydrogens (tertiary/aromatic N) is 3. The molecule has 4 aliphatic rings. The lowest BCUT2D eigenvalue weighted by atomic mass is 9.54. The van der Waals surface area contributed by atoms with Crippen LogP contribution in [0.2, 0.25) is 0 Å². The molecule has 4 bridgehead atoms. The third-order valence-electron chi connectivity index (χ3n) is 4.36. The number of hydrogen-bond acceptors (Lipinski definition) is 1. The van der Waals surface area contributed by atoms with Gasteiger partial charge in [0.25, 0.3) is 0 Å². The van der Waals surface area contributed by atoms with Crippen LogP contribution in [0.5, 0.6) is 0 Å². The van der Waals surface area contributed by atoms with E-state index in [-0.39, 0.29) is 0 Å². The molecule has 70 valence electrons. The summed E-state index contributed by atoms with van der Waals surface area (Å²) in [4.78, 5) is 3.01. The van der Waals surface area contributed by atoms with E-state index in [1.54, 1.807) is 0 Å². The van der Waals surface area contributed by atoms with Gasteiger partial charge in [0, 0.05) is 11.0 Å². The maximum Gasteiger partial charge on any atom is 0.0430 e. The molecule has 0 unspecified atom stereocenters. The van der Waals surface area contributed by atoms with Crippen LogP contribution in [-0.2, 0) is 0 Å². The number of azide groups is 1. The van der Waals surface area contributed by atoms with E-state index < -0.39 is 0 Å². The molecule has 0 N–H and O–H groups in total. The van der Waals surface area contributed by atoms with Crippen LogP contribution >= 0.6 is 0 Å². The molecule has 0 aromatic rings. The fourth-order valence-electron chi connectivity index (χ4n) is 4.14. The topological polar surface area (TPSA) is 48.8 Å². The van der Waals surface area contributed by atoms with Crippen LogP contribution < -0.4 is 0 Å². The SMILES string of the molecule is [N-]=[N+]=NC1C2CC3CC(C2)CC1C3. The van der Waals surface area contributed by atoms with Gasteiger partial charge in [0.2, 0.25) is 0 Å². The largest absolute Gasteiger partial charge is 0.0900 e. The molecule has 0 atom stereocenters. The molecule has 0 saturated heterocycles. The first-order chi connectivity index (χ1) is 6.36. The van der Waals surface area contributed by atoms with Crippen molar-refractivity contribution in [2.75, 3.05) is 0 Å². The molecule has 0 amide bonds. The van der Waals surface area contributed by atoms with Crippen molar-refractivity contribution in [3.8, 4) is 0 Å². The van der Waals surface area contributed by atoms with Gasteiger partial charge >= 0.3 is 0 Å². The first-order valence-electron chi connectivity index (χ1n) is 5.41. The zero-order valence-corrected chi connectivity index (χ0v) is 7.76. The Labute approximate surface area is 78.1 Å². The highest BCUT2D eigenvalue weighted by Gasteiger charge is 2.47. The Kier molecular flexibility index (Phi) is 1.57. The Hall–Kier alpha value is -0.690. The van der Waals surface area contributed by atoms with E-state index in [9.17, 15) is 0 Å². The molecule has 0 heterocycles. The summed E-state index contributed by atoms with van der Waals surface area (Å²) in [5.74, 6) is 3.44. The Morgan fingerprint density at radius 3 is 1.92 bits per heavy atom. The molecule has 4 aliphatic carbocycles. The van der Waals surface area contributed by atoms with Crippen molar-refractivity contribution in [3.05, 3.63) is 10.4 Å². The summed E-state index contributed by atoms with van der Waals surface area (Å²) in [7, 11) is 0. The van der Waals surface area contributed by atoms with E-state index in [0.717, 1.165) is 23.7 Å². The molecule has 0 aromatic heterocycles. The summed E-state index contributed by atoms with van der Waals surface area (Å²) >= 11 is 0. The van der Waals surface area contributed by atoms with Gasteiger partial charge in [-0.1, -0.05) is 5.11 Å². The average molecular weight is 177 g/mol. The first kappa shape index (κ1) is 7.69. The summed E-state index contributed by atoms with van der Waals surface area (Å²) in [5.41, 5.74) is 8.51. The van der Waals surface area contributed by atoms with Gasteiger partial charge < -0.3 is 0 Å². The monoisotopic (exact) mass is 177 g/mol. The lowest BCUT2D eigenvalue weighted by molar-refractivity contribution is 0.000561. The second-order valence-electron chi connectivity index (χ2n) is 5.13. The van der Waals surface area contributed by atoms with Crippen molar-refractivity contribution in [1.82, 2.24) is 0 Å². The molecule has 3 nitrogen and oxygen atoms in total. The fraction of sp³-hybridized carbons (Fsp3) is 1.00. The third-order valence-corrected chi connectivity index (χ3v) is 4.36. The second-order valence-corrected chi connectivity index (χ2v) is 5.13. The van der Waals surface area contributed by atoms with Crippen molar-refractivity contribution in [3.63, 3.8) is 0 Å². The standard InChI is InChI=1S/C10H15N3/c11-13-12-10-8-2-6-1-7(4-8)5-9(10)3-6/h6-10H,1-5H2. The van der Waals surface area contributed by atoms with Crippen molar-refractivity contribution >= 4 is 0 Å².